The number of carbonyl (C=O) groups is 1. The molecule has 1 rings (SSSR count). The van der Waals surface area contributed by atoms with Crippen LogP contribution in [0, 0.1) is 5.92 Å². The third-order valence-electron chi connectivity index (χ3n) is 1.94. The lowest BCUT2D eigenvalue weighted by atomic mass is 10.1. The van der Waals surface area contributed by atoms with Crippen molar-refractivity contribution >= 4 is 24.8 Å². The highest BCUT2D eigenvalue weighted by atomic mass is 31.0. The largest absolute Gasteiger partial charge is 0.450 e. The minimum Gasteiger partial charge on any atom is -0.450 e. The summed E-state index contributed by atoms with van der Waals surface area (Å²) >= 11 is 0. The Bertz CT molecular complexity index is 165. The zero-order valence-electron chi connectivity index (χ0n) is 6.49. The van der Waals surface area contributed by atoms with E-state index < -0.39 is 0 Å². The van der Waals surface area contributed by atoms with Crippen LogP contribution >= 0.6 is 18.9 Å². The molecule has 0 saturated carbocycles. The quantitative estimate of drug-likeness (QED) is 0.577. The molecular formula is C6H13NO2P2. The Morgan fingerprint density at radius 3 is 2.73 bits per heavy atom. The lowest BCUT2D eigenvalue weighted by Crippen LogP contribution is -2.28. The Kier molecular flexibility index (Phi) is 3.24. The second-order valence-electron chi connectivity index (χ2n) is 2.99. The Labute approximate surface area is 71.4 Å². The van der Waals surface area contributed by atoms with Crippen molar-refractivity contribution in [3.05, 3.63) is 0 Å². The minimum absolute atomic E-state index is 0.0625. The van der Waals surface area contributed by atoms with E-state index in [-0.39, 0.29) is 12.0 Å². The molecular weight excluding hydrogens is 180 g/mol. The van der Waals surface area contributed by atoms with Gasteiger partial charge in [0.2, 0.25) is 0 Å². The first-order valence-corrected chi connectivity index (χ1v) is 4.56. The molecule has 0 amide bonds. The van der Waals surface area contributed by atoms with Crippen molar-refractivity contribution in [1.82, 2.24) is 4.67 Å². The fourth-order valence-electron chi connectivity index (χ4n) is 1.39. The molecule has 0 N–H and O–H groups in total. The molecule has 4 atom stereocenters. The minimum atomic E-state index is -0.158. The lowest BCUT2D eigenvalue weighted by molar-refractivity contribution is -0.136. The second kappa shape index (κ2) is 3.80. The van der Waals surface area contributed by atoms with E-state index in [0.717, 1.165) is 13.0 Å². The highest BCUT2D eigenvalue weighted by molar-refractivity contribution is 7.13. The van der Waals surface area contributed by atoms with Gasteiger partial charge in [0, 0.05) is 6.54 Å². The molecule has 1 fully saturated rings. The average molecular weight is 193 g/mol. The van der Waals surface area contributed by atoms with Crippen molar-refractivity contribution in [2.75, 3.05) is 6.54 Å². The van der Waals surface area contributed by atoms with Gasteiger partial charge in [-0.1, -0.05) is 16.3 Å². The lowest BCUT2D eigenvalue weighted by Gasteiger charge is -2.15. The molecule has 1 heterocycles. The molecule has 64 valence electrons. The normalized spacial score (nSPS) is 32.3. The van der Waals surface area contributed by atoms with E-state index in [9.17, 15) is 4.79 Å². The highest BCUT2D eigenvalue weighted by Crippen LogP contribution is 2.26. The van der Waals surface area contributed by atoms with Crippen LogP contribution in [0.2, 0.25) is 0 Å². The third-order valence-corrected chi connectivity index (χ3v) is 2.74. The standard InChI is InChI=1S/C6H13NO2P2/c1-4-2-5(6(8)9-11)7(10)3-4/h4-5H,2-3,10-11H2,1H3/t4?,5-/m0/s1. The number of nitrogens with zero attached hydrogens (tertiary/aromatic N) is 1. The summed E-state index contributed by atoms with van der Waals surface area (Å²) in [7, 11) is 4.55. The molecule has 3 nitrogen and oxygen atoms in total. The Morgan fingerprint density at radius 2 is 2.36 bits per heavy atom. The van der Waals surface area contributed by atoms with Gasteiger partial charge < -0.3 is 4.52 Å². The van der Waals surface area contributed by atoms with Gasteiger partial charge in [-0.15, -0.1) is 0 Å². The third kappa shape index (κ3) is 2.11. The van der Waals surface area contributed by atoms with Crippen LogP contribution in [0.4, 0.5) is 0 Å². The van der Waals surface area contributed by atoms with Gasteiger partial charge in [-0.25, -0.2) is 0 Å². The van der Waals surface area contributed by atoms with Crippen LogP contribution in [0.3, 0.4) is 0 Å². The van der Waals surface area contributed by atoms with Gasteiger partial charge in [0.15, 0.2) is 0 Å². The molecule has 0 aromatic rings. The summed E-state index contributed by atoms with van der Waals surface area (Å²) in [6.45, 7) is 3.09. The molecule has 5 heteroatoms. The van der Waals surface area contributed by atoms with Crippen molar-refractivity contribution in [2.45, 2.75) is 19.4 Å². The topological polar surface area (TPSA) is 29.5 Å². The van der Waals surface area contributed by atoms with E-state index in [1.54, 1.807) is 0 Å². The predicted molar refractivity (Wildman–Crippen MR) is 49.8 cm³/mol. The van der Waals surface area contributed by atoms with Gasteiger partial charge in [-0.2, -0.15) is 0 Å². The predicted octanol–water partition coefficient (Wildman–Crippen LogP) is 0.820. The van der Waals surface area contributed by atoms with E-state index in [1.165, 1.54) is 0 Å². The summed E-state index contributed by atoms with van der Waals surface area (Å²) in [5.74, 6) is 0.427. The molecule has 1 aliphatic heterocycles. The van der Waals surface area contributed by atoms with E-state index in [1.807, 2.05) is 14.1 Å². The van der Waals surface area contributed by atoms with Crippen molar-refractivity contribution in [1.29, 1.82) is 0 Å². The first-order valence-electron chi connectivity index (χ1n) is 3.57. The molecule has 0 aromatic carbocycles. The maximum Gasteiger partial charge on any atom is 0.325 e. The molecule has 1 saturated heterocycles. The molecule has 0 bridgehead atoms. The summed E-state index contributed by atoms with van der Waals surface area (Å²) in [6.07, 6.45) is 0.900. The summed E-state index contributed by atoms with van der Waals surface area (Å²) in [5, 5.41) is 0. The van der Waals surface area contributed by atoms with Gasteiger partial charge in [-0.3, -0.25) is 9.46 Å². The zero-order valence-corrected chi connectivity index (χ0v) is 8.80. The van der Waals surface area contributed by atoms with Gasteiger partial charge in [0.1, 0.15) is 6.04 Å². The van der Waals surface area contributed by atoms with Crippen molar-refractivity contribution < 1.29 is 9.32 Å². The van der Waals surface area contributed by atoms with Crippen molar-refractivity contribution in [3.63, 3.8) is 0 Å². The van der Waals surface area contributed by atoms with Crippen molar-refractivity contribution in [3.8, 4) is 0 Å². The Balaban J connectivity index is 2.52. The van der Waals surface area contributed by atoms with Gasteiger partial charge in [0.25, 0.3) is 0 Å². The summed E-state index contributed by atoms with van der Waals surface area (Å²) in [5.41, 5.74) is 0. The second-order valence-corrected chi connectivity index (χ2v) is 3.89. The molecule has 3 unspecified atom stereocenters. The van der Waals surface area contributed by atoms with E-state index in [4.69, 9.17) is 0 Å². The molecule has 0 spiro atoms. The van der Waals surface area contributed by atoms with E-state index >= 15 is 0 Å². The smallest absolute Gasteiger partial charge is 0.325 e. The number of carbonyl (C=O) groups excluding carboxylic acids is 1. The molecule has 11 heavy (non-hydrogen) atoms. The first-order chi connectivity index (χ1) is 5.15. The van der Waals surface area contributed by atoms with Gasteiger partial charge in [-0.05, 0) is 12.3 Å². The van der Waals surface area contributed by atoms with Crippen LogP contribution in [-0.2, 0) is 9.32 Å². The molecule has 1 aliphatic rings. The summed E-state index contributed by atoms with van der Waals surface area (Å²) in [6, 6.07) is -0.0625. The van der Waals surface area contributed by atoms with E-state index in [2.05, 4.69) is 20.8 Å². The van der Waals surface area contributed by atoms with Gasteiger partial charge >= 0.3 is 5.97 Å². The summed E-state index contributed by atoms with van der Waals surface area (Å²) in [4.78, 5) is 11.1. The molecule has 0 aromatic heterocycles. The SMILES string of the molecule is CC1C[C@@H](C(=O)OP)N(P)C1. The van der Waals surface area contributed by atoms with Crippen LogP contribution < -0.4 is 0 Å². The molecule has 0 aliphatic carbocycles. The van der Waals surface area contributed by atoms with Crippen molar-refractivity contribution in [2.24, 2.45) is 5.92 Å². The monoisotopic (exact) mass is 193 g/mol. The van der Waals surface area contributed by atoms with Crippen LogP contribution in [0.25, 0.3) is 0 Å². The Morgan fingerprint density at radius 1 is 1.73 bits per heavy atom. The first kappa shape index (κ1) is 9.38. The number of hydrogen-bond donors (Lipinski definition) is 0. The Hall–Kier alpha value is 0.290. The highest BCUT2D eigenvalue weighted by Gasteiger charge is 2.32. The van der Waals surface area contributed by atoms with Crippen LogP contribution in [0.5, 0.6) is 0 Å². The van der Waals surface area contributed by atoms with Gasteiger partial charge in [0.05, 0.1) is 9.47 Å². The maximum atomic E-state index is 11.1. The van der Waals surface area contributed by atoms with Crippen LogP contribution in [-0.4, -0.2) is 23.2 Å². The average Bonchev–Trinajstić information content (AvgIpc) is 2.28. The fourth-order valence-corrected chi connectivity index (χ4v) is 2.15. The maximum absolute atomic E-state index is 11.1. The van der Waals surface area contributed by atoms with E-state index in [0.29, 0.717) is 5.92 Å². The number of rotatable bonds is 1. The zero-order chi connectivity index (χ0) is 8.43. The van der Waals surface area contributed by atoms with Crippen LogP contribution in [0.15, 0.2) is 0 Å². The summed E-state index contributed by atoms with van der Waals surface area (Å²) < 4.78 is 6.53. The van der Waals surface area contributed by atoms with Crippen LogP contribution in [0.1, 0.15) is 13.3 Å². The fraction of sp³-hybridized carbons (Fsp3) is 0.833. The number of hydrogen-bond acceptors (Lipinski definition) is 3. The molecule has 0 radical (unpaired) electrons.